The van der Waals surface area contributed by atoms with Crippen molar-refractivity contribution in [2.24, 2.45) is 11.7 Å². The zero-order valence-corrected chi connectivity index (χ0v) is 18.1. The molecule has 1 saturated heterocycles. The average Bonchev–Trinajstić information content (AvgIpc) is 3.36. The molecule has 0 bridgehead atoms. The van der Waals surface area contributed by atoms with Crippen molar-refractivity contribution in [2.45, 2.75) is 43.4 Å². The van der Waals surface area contributed by atoms with E-state index in [-0.39, 0.29) is 18.2 Å². The van der Waals surface area contributed by atoms with E-state index < -0.39 is 15.9 Å². The average molecular weight is 449 g/mol. The lowest BCUT2D eigenvalue weighted by molar-refractivity contribution is -0.121. The van der Waals surface area contributed by atoms with E-state index in [2.05, 4.69) is 10.3 Å². The summed E-state index contributed by atoms with van der Waals surface area (Å²) in [7, 11) is -3.55. The number of nitrogens with zero attached hydrogens (tertiary/aromatic N) is 2. The number of sulfonamides is 1. The Morgan fingerprint density at radius 1 is 1.20 bits per heavy atom. The fraction of sp³-hybridized carbons (Fsp3) is 0.450. The summed E-state index contributed by atoms with van der Waals surface area (Å²) in [6, 6.07) is 5.43. The van der Waals surface area contributed by atoms with Gasteiger partial charge in [-0.15, -0.1) is 11.3 Å². The maximum absolute atomic E-state index is 13.0. The smallest absolute Gasteiger partial charge is 0.243 e. The maximum atomic E-state index is 13.0. The molecule has 0 spiro atoms. The Bertz CT molecular complexity index is 1070. The fourth-order valence-corrected chi connectivity index (χ4v) is 6.28. The molecule has 30 heavy (non-hydrogen) atoms. The summed E-state index contributed by atoms with van der Waals surface area (Å²) in [6.45, 7) is 0.616. The summed E-state index contributed by atoms with van der Waals surface area (Å²) in [6.07, 6.45) is 3.96. The number of anilines is 1. The van der Waals surface area contributed by atoms with E-state index in [1.54, 1.807) is 11.4 Å². The quantitative estimate of drug-likeness (QED) is 0.696. The van der Waals surface area contributed by atoms with Gasteiger partial charge in [-0.05, 0) is 55.4 Å². The predicted octanol–water partition coefficient (Wildman–Crippen LogP) is 1.70. The Morgan fingerprint density at radius 3 is 2.67 bits per heavy atom. The number of nitrogens with one attached hydrogen (secondary N) is 1. The van der Waals surface area contributed by atoms with E-state index in [0.29, 0.717) is 41.7 Å². The highest BCUT2D eigenvalue weighted by molar-refractivity contribution is 7.89. The standard InChI is InChI=1S/C20H24N4O4S2/c21-18(25)11-16-12-29-20(22-16)23-19(26)14-6-8-24(9-7-14)30(27,28)17-5-4-13-2-1-3-15(13)10-17/h4-5,10,12,14H,1-3,6-9,11H2,(H2,21,25)(H,22,23,26). The molecule has 8 nitrogen and oxygen atoms in total. The first kappa shape index (κ1) is 21.0. The summed E-state index contributed by atoms with van der Waals surface area (Å²) in [5, 5.41) is 4.87. The number of hydrogen-bond donors (Lipinski definition) is 2. The molecule has 0 atom stereocenters. The van der Waals surface area contributed by atoms with Crippen molar-refractivity contribution in [1.29, 1.82) is 0 Å². The maximum Gasteiger partial charge on any atom is 0.243 e. The Kier molecular flexibility index (Phi) is 5.90. The van der Waals surface area contributed by atoms with Crippen LogP contribution in [0.1, 0.15) is 36.1 Å². The van der Waals surface area contributed by atoms with Crippen LogP contribution in [0.3, 0.4) is 0 Å². The number of amides is 2. The van der Waals surface area contributed by atoms with Gasteiger partial charge in [-0.25, -0.2) is 13.4 Å². The van der Waals surface area contributed by atoms with Gasteiger partial charge in [0, 0.05) is 24.4 Å². The summed E-state index contributed by atoms with van der Waals surface area (Å²) in [5.74, 6) is -0.931. The molecule has 2 aliphatic rings. The lowest BCUT2D eigenvalue weighted by atomic mass is 9.97. The van der Waals surface area contributed by atoms with E-state index in [0.717, 1.165) is 24.8 Å². The van der Waals surface area contributed by atoms with E-state index in [4.69, 9.17) is 5.73 Å². The zero-order chi connectivity index (χ0) is 21.3. The van der Waals surface area contributed by atoms with E-state index in [9.17, 15) is 18.0 Å². The van der Waals surface area contributed by atoms with Crippen LogP contribution in [0.15, 0.2) is 28.5 Å². The number of carbonyl (C=O) groups excluding carboxylic acids is 2. The van der Waals surface area contributed by atoms with Crippen LogP contribution in [0.2, 0.25) is 0 Å². The van der Waals surface area contributed by atoms with Gasteiger partial charge in [0.15, 0.2) is 5.13 Å². The number of piperidine rings is 1. The molecule has 2 amide bonds. The number of fused-ring (bicyclic) bond motifs is 1. The molecule has 2 aromatic rings. The van der Waals surface area contributed by atoms with Gasteiger partial charge < -0.3 is 11.1 Å². The number of benzene rings is 1. The second-order valence-electron chi connectivity index (χ2n) is 7.74. The molecular formula is C20H24N4O4S2. The highest BCUT2D eigenvalue weighted by atomic mass is 32.2. The van der Waals surface area contributed by atoms with Crippen LogP contribution in [0.4, 0.5) is 5.13 Å². The van der Waals surface area contributed by atoms with Gasteiger partial charge in [0.1, 0.15) is 0 Å². The van der Waals surface area contributed by atoms with E-state index in [1.165, 1.54) is 21.2 Å². The molecule has 2 heterocycles. The highest BCUT2D eigenvalue weighted by Crippen LogP contribution is 2.29. The monoisotopic (exact) mass is 448 g/mol. The molecule has 1 aromatic heterocycles. The van der Waals surface area contributed by atoms with Crippen molar-refractivity contribution in [1.82, 2.24) is 9.29 Å². The number of hydrogen-bond acceptors (Lipinski definition) is 6. The largest absolute Gasteiger partial charge is 0.369 e. The minimum Gasteiger partial charge on any atom is -0.369 e. The molecule has 0 radical (unpaired) electrons. The van der Waals surface area contributed by atoms with Crippen LogP contribution in [-0.4, -0.2) is 42.6 Å². The molecule has 0 unspecified atom stereocenters. The predicted molar refractivity (Wildman–Crippen MR) is 114 cm³/mol. The first-order chi connectivity index (χ1) is 14.3. The minimum atomic E-state index is -3.55. The summed E-state index contributed by atoms with van der Waals surface area (Å²) in [4.78, 5) is 28.0. The third-order valence-corrected chi connectivity index (χ3v) is 8.37. The molecule has 1 fully saturated rings. The number of primary amides is 1. The number of carbonyl (C=O) groups is 2. The van der Waals surface area contributed by atoms with Crippen molar-refractivity contribution in [2.75, 3.05) is 18.4 Å². The normalized spacial score (nSPS) is 17.6. The molecule has 1 aromatic carbocycles. The first-order valence-corrected chi connectivity index (χ1v) is 12.3. The molecule has 4 rings (SSSR count). The van der Waals surface area contributed by atoms with Crippen molar-refractivity contribution in [3.63, 3.8) is 0 Å². The number of aryl methyl sites for hydroxylation is 2. The van der Waals surface area contributed by atoms with Gasteiger partial charge in [0.25, 0.3) is 0 Å². The summed E-state index contributed by atoms with van der Waals surface area (Å²) >= 11 is 1.24. The summed E-state index contributed by atoms with van der Waals surface area (Å²) in [5.41, 5.74) is 8.05. The highest BCUT2D eigenvalue weighted by Gasteiger charge is 2.33. The Morgan fingerprint density at radius 2 is 1.93 bits per heavy atom. The lowest BCUT2D eigenvalue weighted by Crippen LogP contribution is -2.41. The van der Waals surface area contributed by atoms with Crippen LogP contribution in [0, 0.1) is 5.92 Å². The lowest BCUT2D eigenvalue weighted by Gasteiger charge is -2.30. The Balaban J connectivity index is 1.35. The number of aromatic nitrogens is 1. The van der Waals surface area contributed by atoms with Crippen LogP contribution in [0.5, 0.6) is 0 Å². The van der Waals surface area contributed by atoms with Crippen LogP contribution < -0.4 is 11.1 Å². The van der Waals surface area contributed by atoms with Gasteiger partial charge in [-0.1, -0.05) is 6.07 Å². The number of rotatable bonds is 6. The zero-order valence-electron chi connectivity index (χ0n) is 16.5. The van der Waals surface area contributed by atoms with E-state index in [1.807, 2.05) is 12.1 Å². The minimum absolute atomic E-state index is 0.0330. The molecule has 1 aliphatic carbocycles. The van der Waals surface area contributed by atoms with Crippen LogP contribution in [-0.2, 0) is 38.9 Å². The molecule has 3 N–H and O–H groups in total. The van der Waals surface area contributed by atoms with Gasteiger partial charge in [-0.3, -0.25) is 9.59 Å². The first-order valence-electron chi connectivity index (χ1n) is 9.98. The fourth-order valence-electron chi connectivity index (χ4n) is 4.05. The molecule has 1 aliphatic heterocycles. The molecule has 160 valence electrons. The number of nitrogens with two attached hydrogens (primary N) is 1. The SMILES string of the molecule is NC(=O)Cc1csc(NC(=O)C2CCN(S(=O)(=O)c3ccc4c(c3)CCC4)CC2)n1. The molecular weight excluding hydrogens is 424 g/mol. The van der Waals surface area contributed by atoms with Gasteiger partial charge in [-0.2, -0.15) is 4.31 Å². The third kappa shape index (κ3) is 4.40. The van der Waals surface area contributed by atoms with Crippen molar-refractivity contribution in [3.8, 4) is 0 Å². The topological polar surface area (TPSA) is 122 Å². The van der Waals surface area contributed by atoms with E-state index >= 15 is 0 Å². The molecule has 0 saturated carbocycles. The third-order valence-electron chi connectivity index (χ3n) is 5.67. The van der Waals surface area contributed by atoms with Crippen molar-refractivity contribution in [3.05, 3.63) is 40.4 Å². The summed E-state index contributed by atoms with van der Waals surface area (Å²) < 4.78 is 27.5. The Labute approximate surface area is 179 Å². The number of thiazole rings is 1. The Hall–Kier alpha value is -2.30. The van der Waals surface area contributed by atoms with Crippen molar-refractivity contribution >= 4 is 38.3 Å². The van der Waals surface area contributed by atoms with Gasteiger partial charge in [0.05, 0.1) is 17.0 Å². The second-order valence-corrected chi connectivity index (χ2v) is 10.5. The molecule has 10 heteroatoms. The van der Waals surface area contributed by atoms with Crippen LogP contribution in [0.25, 0.3) is 0 Å². The van der Waals surface area contributed by atoms with Crippen molar-refractivity contribution < 1.29 is 18.0 Å². The van der Waals surface area contributed by atoms with Crippen LogP contribution >= 0.6 is 11.3 Å². The van der Waals surface area contributed by atoms with Gasteiger partial charge >= 0.3 is 0 Å². The second kappa shape index (κ2) is 8.44. The van der Waals surface area contributed by atoms with Gasteiger partial charge in [0.2, 0.25) is 21.8 Å².